The number of phenolic OH excluding ortho intramolecular Hbond substituents is 1. The maximum Gasteiger partial charge on any atom is 1.00 e. The van der Waals surface area contributed by atoms with Gasteiger partial charge in [0.15, 0.2) is 0 Å². The Labute approximate surface area is 322 Å². The molecule has 0 aliphatic heterocycles. The Morgan fingerprint density at radius 2 is 0.529 bits per heavy atom. The van der Waals surface area contributed by atoms with Crippen LogP contribution in [0.4, 0.5) is 51.2 Å². The monoisotopic (exact) mass is 878 g/mol. The van der Waals surface area contributed by atoms with Crippen molar-refractivity contribution in [3.05, 3.63) is 127 Å². The number of nitro groups is 9. The van der Waals surface area contributed by atoms with Gasteiger partial charge in [0, 0.05) is 17.1 Å². The Morgan fingerprint density at radius 3 is 0.667 bits per heavy atom. The van der Waals surface area contributed by atoms with Crippen molar-refractivity contribution in [3.63, 3.8) is 0 Å². The number of non-ortho nitro benzene ring substituents is 3. The molecule has 30 nitrogen and oxygen atoms in total. The van der Waals surface area contributed by atoms with E-state index >= 15 is 0 Å². The van der Waals surface area contributed by atoms with Gasteiger partial charge < -0.3 is 15.3 Å². The summed E-state index contributed by atoms with van der Waals surface area (Å²) in [5.74, 6) is -4.12. The van der Waals surface area contributed by atoms with Crippen LogP contribution < -0.4 is 39.8 Å². The number of aromatic hydroxyl groups is 1. The number of hydrogen-bond donors (Lipinski definition) is 1. The summed E-state index contributed by atoms with van der Waals surface area (Å²) >= 11 is 0. The molecule has 0 saturated carbocycles. The van der Waals surface area contributed by atoms with Gasteiger partial charge in [0.05, 0.1) is 92.2 Å². The average Bonchev–Trinajstić information content (AvgIpc) is 2.96. The molecule has 0 aromatic heterocycles. The molecule has 0 aliphatic carbocycles. The zero-order valence-corrected chi connectivity index (χ0v) is 28.1. The number of rotatable bonds is 9. The molecular formula is C18H7AgCuN9NaO21. The molecule has 3 rings (SSSR count). The summed E-state index contributed by atoms with van der Waals surface area (Å²) in [5.41, 5.74) is -9.53. The van der Waals surface area contributed by atoms with Crippen LogP contribution in [-0.2, 0) is 39.4 Å². The average molecular weight is 880 g/mol. The third-order valence-electron chi connectivity index (χ3n) is 4.94. The minimum absolute atomic E-state index is 0. The first kappa shape index (κ1) is 49.3. The standard InChI is InChI=1S/3C6H3N3O7.Ag.Cu.Na/c3*10-6-4(8(13)14)1-3(7(11)12)2-5(6)9(15)16;;;/h3*1-2,10H;;;/q;;;+1;;+1/p-2. The molecule has 0 amide bonds. The molecule has 0 unspecified atom stereocenters. The minimum Gasteiger partial charge on any atom is -0.863 e. The van der Waals surface area contributed by atoms with Crippen molar-refractivity contribution >= 4 is 51.2 Å². The summed E-state index contributed by atoms with van der Waals surface area (Å²) < 4.78 is 0. The molecular weight excluding hydrogens is 873 g/mol. The van der Waals surface area contributed by atoms with Crippen molar-refractivity contribution in [1.29, 1.82) is 0 Å². The fourth-order valence-corrected chi connectivity index (χ4v) is 2.90. The first-order valence-electron chi connectivity index (χ1n) is 10.9. The van der Waals surface area contributed by atoms with E-state index in [1.165, 1.54) is 0 Å². The Bertz CT molecular complexity index is 1620. The van der Waals surface area contributed by atoms with Crippen molar-refractivity contribution in [2.75, 3.05) is 0 Å². The topological polar surface area (TPSA) is 455 Å². The van der Waals surface area contributed by atoms with Gasteiger partial charge in [0.2, 0.25) is 0 Å². The van der Waals surface area contributed by atoms with Gasteiger partial charge in [-0.1, -0.05) is 0 Å². The Hall–Kier alpha value is -6.08. The quantitative estimate of drug-likeness (QED) is 0.154. The summed E-state index contributed by atoms with van der Waals surface area (Å²) in [6.07, 6.45) is 0. The van der Waals surface area contributed by atoms with Crippen LogP contribution in [0.1, 0.15) is 0 Å². The van der Waals surface area contributed by atoms with Gasteiger partial charge in [-0.2, -0.15) is 0 Å². The number of benzene rings is 3. The van der Waals surface area contributed by atoms with Crippen molar-refractivity contribution in [2.45, 2.75) is 0 Å². The predicted octanol–water partition coefficient (Wildman–Crippen LogP) is -0.915. The molecule has 33 heteroatoms. The van der Waals surface area contributed by atoms with Crippen molar-refractivity contribution in [3.8, 4) is 17.2 Å². The Balaban J connectivity index is -0.000000658. The van der Waals surface area contributed by atoms with Gasteiger partial charge >= 0.3 is 63.3 Å². The summed E-state index contributed by atoms with van der Waals surface area (Å²) in [6, 6.07) is 2.43. The number of nitro benzene ring substituents is 9. The first-order valence-corrected chi connectivity index (χ1v) is 10.9. The number of nitrogens with zero attached hydrogens (tertiary/aromatic N) is 9. The van der Waals surface area contributed by atoms with E-state index in [0.717, 1.165) is 0 Å². The second-order valence-corrected chi connectivity index (χ2v) is 7.77. The maximum atomic E-state index is 11.1. The van der Waals surface area contributed by atoms with E-state index in [9.17, 15) is 101 Å². The van der Waals surface area contributed by atoms with Crippen LogP contribution in [0.15, 0.2) is 36.4 Å². The van der Waals surface area contributed by atoms with Crippen LogP contribution in [0.3, 0.4) is 0 Å². The molecule has 3 aromatic carbocycles. The van der Waals surface area contributed by atoms with Crippen LogP contribution in [0.2, 0.25) is 0 Å². The van der Waals surface area contributed by atoms with Gasteiger partial charge in [0.1, 0.15) is 0 Å². The third kappa shape index (κ3) is 12.7. The number of phenols is 1. The maximum absolute atomic E-state index is 11.1. The summed E-state index contributed by atoms with van der Waals surface area (Å²) in [4.78, 5) is 82.8. The van der Waals surface area contributed by atoms with Crippen molar-refractivity contribution in [1.82, 2.24) is 0 Å². The third-order valence-corrected chi connectivity index (χ3v) is 4.94. The molecule has 0 bridgehead atoms. The van der Waals surface area contributed by atoms with Gasteiger partial charge in [-0.25, -0.2) is 0 Å². The van der Waals surface area contributed by atoms with Crippen LogP contribution >= 0.6 is 0 Å². The zero-order chi connectivity index (χ0) is 37.4. The van der Waals surface area contributed by atoms with E-state index in [2.05, 4.69) is 0 Å². The van der Waals surface area contributed by atoms with Gasteiger partial charge in [-0.05, 0) is 0 Å². The van der Waals surface area contributed by atoms with Crippen molar-refractivity contribution in [2.24, 2.45) is 0 Å². The zero-order valence-electron chi connectivity index (χ0n) is 23.7. The van der Waals surface area contributed by atoms with E-state index in [4.69, 9.17) is 5.11 Å². The molecule has 0 atom stereocenters. The second kappa shape index (κ2) is 20.4. The molecule has 0 fully saturated rings. The van der Waals surface area contributed by atoms with Crippen LogP contribution in [-0.4, -0.2) is 49.4 Å². The second-order valence-electron chi connectivity index (χ2n) is 7.77. The van der Waals surface area contributed by atoms with Crippen molar-refractivity contribution < 1.29 is 129 Å². The fourth-order valence-electron chi connectivity index (χ4n) is 2.90. The van der Waals surface area contributed by atoms with E-state index in [1.54, 1.807) is 0 Å². The Kier molecular flexibility index (Phi) is 19.8. The van der Waals surface area contributed by atoms with Crippen LogP contribution in [0.25, 0.3) is 0 Å². The summed E-state index contributed by atoms with van der Waals surface area (Å²) in [5, 5.41) is 124. The Morgan fingerprint density at radius 1 is 0.373 bits per heavy atom. The normalized spacial score (nSPS) is 9.18. The molecule has 3 aromatic rings. The molecule has 1 N–H and O–H groups in total. The van der Waals surface area contributed by atoms with E-state index in [0.29, 0.717) is 36.4 Å². The SMILES string of the molecule is O=[N+]([O-])c1cc([N+](=O)[O-])c(O)c([N+](=O)[O-])c1.O=[N+]([O-])c1cc([N+](=O)[O-])c([O-])c([N+](=O)[O-])c1.O=[N+]([O-])c1cc([N+](=O)[O-])c([O-])c([N+](=O)[O-])c1.[Ag+].[Cu].[Na+]. The number of hydrogen-bond acceptors (Lipinski definition) is 21. The molecule has 0 aliphatic rings. The molecule has 0 saturated heterocycles. The largest absolute Gasteiger partial charge is 1.00 e. The molecule has 0 spiro atoms. The minimum atomic E-state index is -1.46. The molecule has 0 heterocycles. The van der Waals surface area contributed by atoms with Crippen LogP contribution in [0.5, 0.6) is 17.2 Å². The van der Waals surface area contributed by atoms with Gasteiger partial charge in [-0.15, -0.1) is 0 Å². The predicted molar refractivity (Wildman–Crippen MR) is 140 cm³/mol. The molecule has 1 radical (unpaired) electrons. The fraction of sp³-hybridized carbons (Fsp3) is 0. The van der Waals surface area contributed by atoms with Gasteiger partial charge in [0.25, 0.3) is 45.6 Å². The summed E-state index contributed by atoms with van der Waals surface area (Å²) in [6.45, 7) is 0. The van der Waals surface area contributed by atoms with Crippen LogP contribution in [0, 0.1) is 91.0 Å². The van der Waals surface area contributed by atoms with E-state index in [1.807, 2.05) is 0 Å². The first-order chi connectivity index (χ1) is 22.0. The molecule has 51 heavy (non-hydrogen) atoms. The van der Waals surface area contributed by atoms with E-state index < -0.39 is 113 Å². The van der Waals surface area contributed by atoms with E-state index in [-0.39, 0.29) is 69.0 Å². The van der Waals surface area contributed by atoms with Gasteiger partial charge in [-0.3, -0.25) is 91.0 Å². The summed E-state index contributed by atoms with van der Waals surface area (Å²) in [7, 11) is 0. The molecule has 273 valence electrons. The smallest absolute Gasteiger partial charge is 0.863 e.